The molecule has 1 atom stereocenters. The van der Waals surface area contributed by atoms with Gasteiger partial charge in [-0.3, -0.25) is 19.6 Å². The van der Waals surface area contributed by atoms with Gasteiger partial charge in [-0.05, 0) is 40.4 Å². The van der Waals surface area contributed by atoms with Crippen LogP contribution in [0, 0.1) is 0 Å². The van der Waals surface area contributed by atoms with Gasteiger partial charge < -0.3 is 15.1 Å². The zero-order valence-electron chi connectivity index (χ0n) is 20.6. The van der Waals surface area contributed by atoms with E-state index in [9.17, 15) is 31.1 Å². The zero-order chi connectivity index (χ0) is 29.4. The minimum absolute atomic E-state index is 0.274. The normalized spacial score (nSPS) is 20.2. The van der Waals surface area contributed by atoms with Gasteiger partial charge in [0, 0.05) is 58.7 Å². The fraction of sp³-hybridized carbons (Fsp3) is 0.478. The number of aromatic nitrogens is 1. The average Bonchev–Trinajstić information content (AvgIpc) is 3.51. The second-order valence-corrected chi connectivity index (χ2v) is 9.52. The summed E-state index contributed by atoms with van der Waals surface area (Å²) in [5.74, 6) is -5.24. The van der Waals surface area contributed by atoms with Crippen molar-refractivity contribution in [3.05, 3.63) is 52.5 Å². The molecule has 2 N–H and O–H groups in total. The first-order chi connectivity index (χ1) is 18.1. The third-order valence-corrected chi connectivity index (χ3v) is 6.68. The molecule has 1 spiro atoms. The number of aliphatic carboxylic acids is 2. The van der Waals surface area contributed by atoms with E-state index in [4.69, 9.17) is 19.8 Å². The maximum Gasteiger partial charge on any atom is 0.490 e. The lowest BCUT2D eigenvalue weighted by atomic mass is 9.91. The Labute approximate surface area is 223 Å². The van der Waals surface area contributed by atoms with Gasteiger partial charge in [0.15, 0.2) is 0 Å². The third-order valence-electron chi connectivity index (χ3n) is 5.95. The molecule has 0 aliphatic carbocycles. The number of carboxylic acid groups (broad SMARTS) is 2. The Bertz CT molecular complexity index is 1080. The second kappa shape index (κ2) is 13.2. The number of piperazine rings is 1. The number of hydrogen-bond acceptors (Lipinski definition) is 7. The summed E-state index contributed by atoms with van der Waals surface area (Å²) in [6, 6.07) is 6.25. The summed E-state index contributed by atoms with van der Waals surface area (Å²) in [6.07, 6.45) is -5.55. The van der Waals surface area contributed by atoms with E-state index in [1.165, 1.54) is 11.1 Å². The Morgan fingerprint density at radius 1 is 1.00 bits per heavy atom. The largest absolute Gasteiger partial charge is 0.490 e. The van der Waals surface area contributed by atoms with E-state index in [-0.39, 0.29) is 5.91 Å². The van der Waals surface area contributed by atoms with Crippen molar-refractivity contribution in [2.24, 2.45) is 0 Å². The summed E-state index contributed by atoms with van der Waals surface area (Å²) >= 11 is 1.73. The van der Waals surface area contributed by atoms with Crippen LogP contribution in [0.5, 0.6) is 0 Å². The number of rotatable bonds is 4. The number of carboxylic acids is 2. The molecule has 0 radical (unpaired) electrons. The highest BCUT2D eigenvalue weighted by molar-refractivity contribution is 7.07. The molecule has 1 unspecified atom stereocenters. The summed E-state index contributed by atoms with van der Waals surface area (Å²) < 4.78 is 63.5. The second-order valence-electron chi connectivity index (χ2n) is 8.74. The molecular formula is C23H26F6N4O5S. The number of hydrogen-bond donors (Lipinski definition) is 2. The summed E-state index contributed by atoms with van der Waals surface area (Å²) in [7, 11) is 1.94. The first-order valence-electron chi connectivity index (χ1n) is 11.3. The molecule has 4 rings (SSSR count). The molecule has 0 aromatic carbocycles. The van der Waals surface area contributed by atoms with Gasteiger partial charge in [0.1, 0.15) is 5.54 Å². The number of likely N-dealkylation sites (N-methyl/N-ethyl adjacent to an activating group) is 1. The fourth-order valence-electron chi connectivity index (χ4n) is 4.10. The molecule has 2 aromatic heterocycles. The van der Waals surface area contributed by atoms with E-state index in [1.54, 1.807) is 17.5 Å². The van der Waals surface area contributed by atoms with Crippen LogP contribution in [0.2, 0.25) is 0 Å². The van der Waals surface area contributed by atoms with Crippen molar-refractivity contribution in [1.82, 2.24) is 19.7 Å². The van der Waals surface area contributed by atoms with Crippen molar-refractivity contribution < 1.29 is 50.9 Å². The first-order valence-corrected chi connectivity index (χ1v) is 12.2. The lowest BCUT2D eigenvalue weighted by Gasteiger charge is -2.46. The number of likely N-dealkylation sites (tertiary alicyclic amines) is 1. The molecule has 1 amide bonds. The molecule has 2 aromatic rings. The molecule has 216 valence electrons. The molecule has 2 fully saturated rings. The van der Waals surface area contributed by atoms with Gasteiger partial charge in [0.2, 0.25) is 5.91 Å². The van der Waals surface area contributed by atoms with Crippen LogP contribution < -0.4 is 0 Å². The molecule has 0 saturated carbocycles. The van der Waals surface area contributed by atoms with Crippen molar-refractivity contribution >= 4 is 29.2 Å². The van der Waals surface area contributed by atoms with Crippen LogP contribution >= 0.6 is 11.3 Å². The number of carbonyl (C=O) groups excluding carboxylic acids is 1. The van der Waals surface area contributed by atoms with Crippen molar-refractivity contribution in [2.75, 3.05) is 33.2 Å². The molecule has 4 heterocycles. The minimum atomic E-state index is -5.08. The third kappa shape index (κ3) is 9.18. The number of carbonyl (C=O) groups is 3. The molecule has 16 heteroatoms. The Morgan fingerprint density at radius 2 is 1.62 bits per heavy atom. The van der Waals surface area contributed by atoms with E-state index in [2.05, 4.69) is 37.7 Å². The number of amides is 1. The smallest absolute Gasteiger partial charge is 0.475 e. The Kier molecular flexibility index (Phi) is 10.8. The monoisotopic (exact) mass is 584 g/mol. The van der Waals surface area contributed by atoms with E-state index in [1.807, 2.05) is 24.2 Å². The van der Waals surface area contributed by atoms with Crippen LogP contribution in [0.4, 0.5) is 26.3 Å². The quantitative estimate of drug-likeness (QED) is 0.527. The van der Waals surface area contributed by atoms with Crippen LogP contribution in [0.3, 0.4) is 0 Å². The maximum atomic E-state index is 13.1. The van der Waals surface area contributed by atoms with E-state index < -0.39 is 29.8 Å². The molecular weight excluding hydrogens is 558 g/mol. The molecule has 0 bridgehead atoms. The van der Waals surface area contributed by atoms with Gasteiger partial charge in [-0.25, -0.2) is 9.59 Å². The summed E-state index contributed by atoms with van der Waals surface area (Å²) in [6.45, 7) is 5.22. The number of alkyl halides is 6. The fourth-order valence-corrected chi connectivity index (χ4v) is 4.76. The van der Waals surface area contributed by atoms with E-state index >= 15 is 0 Å². The van der Waals surface area contributed by atoms with Gasteiger partial charge in [0.05, 0.1) is 0 Å². The molecule has 9 nitrogen and oxygen atoms in total. The van der Waals surface area contributed by atoms with Gasteiger partial charge in [-0.15, -0.1) is 0 Å². The molecule has 2 aliphatic heterocycles. The van der Waals surface area contributed by atoms with Crippen LogP contribution in [0.1, 0.15) is 17.5 Å². The van der Waals surface area contributed by atoms with E-state index in [0.717, 1.165) is 45.7 Å². The van der Waals surface area contributed by atoms with Gasteiger partial charge in [0.25, 0.3) is 0 Å². The number of thiophene rings is 1. The highest BCUT2D eigenvalue weighted by atomic mass is 32.1. The van der Waals surface area contributed by atoms with Crippen LogP contribution in [0.25, 0.3) is 0 Å². The molecule has 2 aliphatic rings. The van der Waals surface area contributed by atoms with Crippen molar-refractivity contribution in [1.29, 1.82) is 0 Å². The van der Waals surface area contributed by atoms with Crippen molar-refractivity contribution in [3.8, 4) is 0 Å². The van der Waals surface area contributed by atoms with Crippen molar-refractivity contribution in [3.63, 3.8) is 0 Å². The van der Waals surface area contributed by atoms with Crippen LogP contribution in [0.15, 0.2) is 41.4 Å². The lowest BCUT2D eigenvalue weighted by Crippen LogP contribution is -2.65. The van der Waals surface area contributed by atoms with Crippen LogP contribution in [-0.2, 0) is 27.5 Å². The first kappa shape index (κ1) is 32.0. The van der Waals surface area contributed by atoms with Gasteiger partial charge >= 0.3 is 24.3 Å². The molecule has 39 heavy (non-hydrogen) atoms. The number of nitrogens with zero attached hydrogens (tertiary/aromatic N) is 4. The predicted octanol–water partition coefficient (Wildman–Crippen LogP) is 3.33. The van der Waals surface area contributed by atoms with E-state index in [0.29, 0.717) is 0 Å². The summed E-state index contributed by atoms with van der Waals surface area (Å²) in [5.41, 5.74) is 2.13. The van der Waals surface area contributed by atoms with Crippen LogP contribution in [-0.4, -0.2) is 98.9 Å². The lowest BCUT2D eigenvalue weighted by molar-refractivity contribution is -0.193. The highest BCUT2D eigenvalue weighted by Gasteiger charge is 2.52. The zero-order valence-corrected chi connectivity index (χ0v) is 21.4. The predicted molar refractivity (Wildman–Crippen MR) is 127 cm³/mol. The Morgan fingerprint density at radius 3 is 2.10 bits per heavy atom. The SMILES string of the molecule is CN1CCN(Cc2cccnc2)C2(CCN(Cc3ccsc3)C2)C1=O.O=C(O)C(F)(F)F.O=C(O)C(F)(F)F. The average molecular weight is 585 g/mol. The molecule has 2 saturated heterocycles. The Balaban J connectivity index is 0.000000317. The topological polar surface area (TPSA) is 114 Å². The summed E-state index contributed by atoms with van der Waals surface area (Å²) in [4.78, 5) is 41.9. The summed E-state index contributed by atoms with van der Waals surface area (Å²) in [5, 5.41) is 18.6. The minimum Gasteiger partial charge on any atom is -0.475 e. The standard InChI is InChI=1S/C19H24N4OS.2C2HF3O2/c1-21-8-9-23(13-16-3-2-6-20-11-16)19(18(21)24)5-7-22(15-19)12-17-4-10-25-14-17;2*3-2(4,5)1(6)7/h2-4,6,10-11,14H,5,7-9,12-13,15H2,1H3;2*(H,6,7). The van der Waals surface area contributed by atoms with Gasteiger partial charge in [-0.2, -0.15) is 37.7 Å². The Hall–Kier alpha value is -3.24. The van der Waals surface area contributed by atoms with Crippen molar-refractivity contribution in [2.45, 2.75) is 37.4 Å². The van der Waals surface area contributed by atoms with Gasteiger partial charge in [-0.1, -0.05) is 6.07 Å². The highest BCUT2D eigenvalue weighted by Crippen LogP contribution is 2.34. The number of halogens is 6. The maximum absolute atomic E-state index is 13.1. The number of pyridine rings is 1.